The van der Waals surface area contributed by atoms with Crippen LogP contribution in [0.15, 0.2) is 47.4 Å². The number of aliphatic hydroxyl groups is 1. The van der Waals surface area contributed by atoms with Gasteiger partial charge in [-0.3, -0.25) is 0 Å². The summed E-state index contributed by atoms with van der Waals surface area (Å²) in [5, 5.41) is 11.0. The van der Waals surface area contributed by atoms with Crippen molar-refractivity contribution in [2.75, 3.05) is 6.54 Å². The Bertz CT molecular complexity index is 650. The molecule has 0 saturated carbocycles. The highest BCUT2D eigenvalue weighted by molar-refractivity contribution is 7.89. The maximum absolute atomic E-state index is 12.0. The topological polar surface area (TPSA) is 66.4 Å². The summed E-state index contributed by atoms with van der Waals surface area (Å²) in [6.07, 6.45) is -0.708. The van der Waals surface area contributed by atoms with Crippen LogP contribution >= 0.6 is 0 Å². The second kappa shape index (κ2) is 5.06. The molecule has 2 N–H and O–H groups in total. The van der Waals surface area contributed by atoms with E-state index in [1.165, 1.54) is 6.92 Å². The maximum Gasteiger partial charge on any atom is 0.240 e. The molecule has 0 bridgehead atoms. The van der Waals surface area contributed by atoms with E-state index in [9.17, 15) is 8.42 Å². The van der Waals surface area contributed by atoms with E-state index in [1.807, 2.05) is 24.3 Å². The van der Waals surface area contributed by atoms with E-state index in [1.54, 1.807) is 18.2 Å². The fourth-order valence-corrected chi connectivity index (χ4v) is 2.80. The summed E-state index contributed by atoms with van der Waals surface area (Å²) in [6.45, 7) is 1.54. The molecule has 0 saturated heterocycles. The van der Waals surface area contributed by atoms with E-state index in [4.69, 9.17) is 5.11 Å². The molecule has 0 radical (unpaired) electrons. The Hall–Kier alpha value is -1.43. The molecule has 0 aromatic heterocycles. The van der Waals surface area contributed by atoms with Gasteiger partial charge in [0.1, 0.15) is 0 Å². The van der Waals surface area contributed by atoms with Crippen molar-refractivity contribution in [1.29, 1.82) is 0 Å². The van der Waals surface area contributed by atoms with Crippen LogP contribution < -0.4 is 4.72 Å². The Labute approximate surface area is 106 Å². The van der Waals surface area contributed by atoms with Gasteiger partial charge in [-0.2, -0.15) is 0 Å². The highest BCUT2D eigenvalue weighted by Crippen LogP contribution is 2.18. The van der Waals surface area contributed by atoms with Gasteiger partial charge in [-0.1, -0.05) is 30.3 Å². The summed E-state index contributed by atoms with van der Waals surface area (Å²) in [5.41, 5.74) is 0. The predicted octanol–water partition coefficient (Wildman–Crippen LogP) is 1.50. The van der Waals surface area contributed by atoms with E-state index in [0.29, 0.717) is 0 Å². The van der Waals surface area contributed by atoms with Crippen molar-refractivity contribution in [2.24, 2.45) is 0 Å². The molecule has 1 atom stereocenters. The first kappa shape index (κ1) is 13.0. The van der Waals surface area contributed by atoms with Crippen molar-refractivity contribution in [3.63, 3.8) is 0 Å². The molecule has 18 heavy (non-hydrogen) atoms. The third kappa shape index (κ3) is 2.87. The fourth-order valence-electron chi connectivity index (χ4n) is 1.65. The zero-order valence-corrected chi connectivity index (χ0v) is 10.8. The first-order valence-electron chi connectivity index (χ1n) is 5.65. The van der Waals surface area contributed by atoms with Crippen molar-refractivity contribution >= 4 is 20.8 Å². The van der Waals surface area contributed by atoms with E-state index in [-0.39, 0.29) is 11.4 Å². The molecule has 0 amide bonds. The zero-order chi connectivity index (χ0) is 13.2. The monoisotopic (exact) mass is 265 g/mol. The van der Waals surface area contributed by atoms with Crippen LogP contribution in [0.2, 0.25) is 0 Å². The van der Waals surface area contributed by atoms with Crippen LogP contribution in [0.4, 0.5) is 0 Å². The number of fused-ring (bicyclic) bond motifs is 1. The average Bonchev–Trinajstić information content (AvgIpc) is 2.36. The Morgan fingerprint density at radius 2 is 1.83 bits per heavy atom. The van der Waals surface area contributed by atoms with E-state index >= 15 is 0 Å². The summed E-state index contributed by atoms with van der Waals surface area (Å²) in [6, 6.07) is 12.5. The molecule has 96 valence electrons. The summed E-state index contributed by atoms with van der Waals surface area (Å²) >= 11 is 0. The van der Waals surface area contributed by atoms with Crippen LogP contribution in [0.25, 0.3) is 10.8 Å². The number of rotatable bonds is 4. The smallest absolute Gasteiger partial charge is 0.240 e. The second-order valence-corrected chi connectivity index (χ2v) is 5.98. The molecule has 0 aliphatic rings. The quantitative estimate of drug-likeness (QED) is 0.880. The normalized spacial score (nSPS) is 13.7. The molecular weight excluding hydrogens is 250 g/mol. The maximum atomic E-state index is 12.0. The molecule has 5 heteroatoms. The van der Waals surface area contributed by atoms with Crippen molar-refractivity contribution in [3.8, 4) is 0 Å². The van der Waals surface area contributed by atoms with Gasteiger partial charge in [0.2, 0.25) is 10.0 Å². The minimum absolute atomic E-state index is 0.00909. The van der Waals surface area contributed by atoms with Crippen LogP contribution in [-0.4, -0.2) is 26.2 Å². The molecule has 2 aromatic carbocycles. The molecule has 0 unspecified atom stereocenters. The second-order valence-electron chi connectivity index (χ2n) is 4.21. The van der Waals surface area contributed by atoms with E-state index in [0.717, 1.165) is 10.8 Å². The summed E-state index contributed by atoms with van der Waals surface area (Å²) in [7, 11) is -3.56. The van der Waals surface area contributed by atoms with Crippen molar-refractivity contribution in [2.45, 2.75) is 17.9 Å². The highest BCUT2D eigenvalue weighted by atomic mass is 32.2. The van der Waals surface area contributed by atoms with Crippen LogP contribution in [0.3, 0.4) is 0 Å². The van der Waals surface area contributed by atoms with Gasteiger partial charge in [-0.05, 0) is 29.8 Å². The van der Waals surface area contributed by atoms with Crippen molar-refractivity contribution < 1.29 is 13.5 Å². The number of hydrogen-bond acceptors (Lipinski definition) is 3. The Kier molecular flexibility index (Phi) is 3.65. The van der Waals surface area contributed by atoms with Crippen LogP contribution in [-0.2, 0) is 10.0 Å². The molecule has 0 heterocycles. The first-order chi connectivity index (χ1) is 8.49. The molecule has 0 spiro atoms. The SMILES string of the molecule is C[C@H](O)CNS(=O)(=O)c1ccc2ccccc2c1. The summed E-state index contributed by atoms with van der Waals surface area (Å²) < 4.78 is 26.3. The Morgan fingerprint density at radius 3 is 2.50 bits per heavy atom. The van der Waals surface area contributed by atoms with Gasteiger partial charge >= 0.3 is 0 Å². The predicted molar refractivity (Wildman–Crippen MR) is 70.8 cm³/mol. The minimum atomic E-state index is -3.56. The largest absolute Gasteiger partial charge is 0.392 e. The van der Waals surface area contributed by atoms with Crippen LogP contribution in [0.5, 0.6) is 0 Å². The molecule has 4 nitrogen and oxygen atoms in total. The summed E-state index contributed by atoms with van der Waals surface area (Å²) in [4.78, 5) is 0.210. The fraction of sp³-hybridized carbons (Fsp3) is 0.231. The van der Waals surface area contributed by atoms with Gasteiger partial charge in [-0.15, -0.1) is 0 Å². The van der Waals surface area contributed by atoms with Crippen molar-refractivity contribution in [1.82, 2.24) is 4.72 Å². The lowest BCUT2D eigenvalue weighted by atomic mass is 10.1. The zero-order valence-electron chi connectivity index (χ0n) is 10.00. The van der Waals surface area contributed by atoms with Gasteiger partial charge in [0.25, 0.3) is 0 Å². The first-order valence-corrected chi connectivity index (χ1v) is 7.14. The van der Waals surface area contributed by atoms with Crippen molar-refractivity contribution in [3.05, 3.63) is 42.5 Å². The number of benzene rings is 2. The standard InChI is InChI=1S/C13H15NO3S/c1-10(15)9-14-18(16,17)13-7-6-11-4-2-3-5-12(11)8-13/h2-8,10,14-15H,9H2,1H3/t10-/m0/s1. The Balaban J connectivity index is 2.35. The van der Waals surface area contributed by atoms with E-state index in [2.05, 4.69) is 4.72 Å². The third-order valence-electron chi connectivity index (χ3n) is 2.60. The number of sulfonamides is 1. The van der Waals surface area contributed by atoms with E-state index < -0.39 is 16.1 Å². The lowest BCUT2D eigenvalue weighted by Crippen LogP contribution is -2.30. The number of hydrogen-bond donors (Lipinski definition) is 2. The lowest BCUT2D eigenvalue weighted by Gasteiger charge is -2.09. The molecule has 2 rings (SSSR count). The van der Waals surface area contributed by atoms with Gasteiger partial charge < -0.3 is 5.11 Å². The van der Waals surface area contributed by atoms with Gasteiger partial charge in [-0.25, -0.2) is 13.1 Å². The number of nitrogens with one attached hydrogen (secondary N) is 1. The van der Waals surface area contributed by atoms with Crippen LogP contribution in [0.1, 0.15) is 6.92 Å². The Morgan fingerprint density at radius 1 is 1.17 bits per heavy atom. The van der Waals surface area contributed by atoms with Gasteiger partial charge in [0.05, 0.1) is 11.0 Å². The average molecular weight is 265 g/mol. The minimum Gasteiger partial charge on any atom is -0.392 e. The highest BCUT2D eigenvalue weighted by Gasteiger charge is 2.14. The molecule has 0 aliphatic carbocycles. The molecule has 2 aromatic rings. The third-order valence-corrected chi connectivity index (χ3v) is 4.02. The van der Waals surface area contributed by atoms with Gasteiger partial charge in [0.15, 0.2) is 0 Å². The lowest BCUT2D eigenvalue weighted by molar-refractivity contribution is 0.198. The van der Waals surface area contributed by atoms with Crippen LogP contribution in [0, 0.1) is 0 Å². The molecular formula is C13H15NO3S. The summed E-state index contributed by atoms with van der Waals surface area (Å²) in [5.74, 6) is 0. The number of aliphatic hydroxyl groups excluding tert-OH is 1. The molecule has 0 fully saturated rings. The van der Waals surface area contributed by atoms with Gasteiger partial charge in [0, 0.05) is 6.54 Å². The molecule has 0 aliphatic heterocycles.